The quantitative estimate of drug-likeness (QED) is 0.169. The second-order valence-corrected chi connectivity index (χ2v) is 7.60. The molecule has 4 rings (SSSR count). The molecule has 36 heavy (non-hydrogen) atoms. The number of hydrogen-bond acceptors (Lipinski definition) is 1. The molecule has 180 valence electrons. The van der Waals surface area contributed by atoms with Gasteiger partial charge in [-0.3, -0.25) is 0 Å². The van der Waals surface area contributed by atoms with E-state index in [9.17, 15) is 30.7 Å². The lowest BCUT2D eigenvalue weighted by Crippen LogP contribution is -1.96. The average molecular weight is 498 g/mol. The Labute approximate surface area is 201 Å². The van der Waals surface area contributed by atoms with Crippen LogP contribution in [0, 0.1) is 64.4 Å². The molecule has 8 heteroatoms. The van der Waals surface area contributed by atoms with Gasteiger partial charge in [0.2, 0.25) is 0 Å². The van der Waals surface area contributed by atoms with E-state index in [2.05, 4.69) is 23.7 Å². The van der Waals surface area contributed by atoms with Crippen molar-refractivity contribution in [2.45, 2.75) is 6.61 Å². The summed E-state index contributed by atoms with van der Waals surface area (Å²) in [5, 5.41) is -0.166. The van der Waals surface area contributed by atoms with Crippen LogP contribution in [-0.2, 0) is 11.3 Å². The monoisotopic (exact) mass is 498 g/mol. The normalized spacial score (nSPS) is 10.6. The van der Waals surface area contributed by atoms with Crippen LogP contribution in [0.25, 0.3) is 10.8 Å². The average Bonchev–Trinajstić information content (AvgIpc) is 2.81. The third kappa shape index (κ3) is 5.05. The fourth-order valence-electron chi connectivity index (χ4n) is 3.41. The van der Waals surface area contributed by atoms with E-state index in [1.165, 1.54) is 25.3 Å². The zero-order valence-electron chi connectivity index (χ0n) is 18.4. The fraction of sp³-hybridized carbons (Fsp3) is 0.0714. The van der Waals surface area contributed by atoms with Crippen molar-refractivity contribution in [1.82, 2.24) is 0 Å². The minimum Gasteiger partial charge on any atom is -0.380 e. The van der Waals surface area contributed by atoms with E-state index in [0.717, 1.165) is 30.3 Å². The van der Waals surface area contributed by atoms with Gasteiger partial charge in [-0.25, -0.2) is 30.7 Å². The number of hydrogen-bond donors (Lipinski definition) is 0. The van der Waals surface area contributed by atoms with Crippen molar-refractivity contribution >= 4 is 10.8 Å². The first-order valence-electron chi connectivity index (χ1n) is 10.2. The predicted molar refractivity (Wildman–Crippen MR) is 119 cm³/mol. The lowest BCUT2D eigenvalue weighted by molar-refractivity contribution is 0.184. The van der Waals surface area contributed by atoms with Crippen LogP contribution in [-0.4, -0.2) is 7.11 Å². The summed E-state index contributed by atoms with van der Waals surface area (Å²) in [5.74, 6) is 0.924. The molecule has 0 aliphatic heterocycles. The van der Waals surface area contributed by atoms with Crippen molar-refractivity contribution in [3.63, 3.8) is 0 Å². The van der Waals surface area contributed by atoms with Gasteiger partial charge < -0.3 is 4.74 Å². The molecule has 0 bridgehead atoms. The molecular formula is C28H13F7O. The van der Waals surface area contributed by atoms with Gasteiger partial charge in [-0.15, -0.1) is 0 Å². The molecule has 0 spiro atoms. The number of benzene rings is 4. The first-order valence-corrected chi connectivity index (χ1v) is 10.2. The first kappa shape index (κ1) is 24.8. The van der Waals surface area contributed by atoms with Crippen LogP contribution in [0.15, 0.2) is 48.5 Å². The minimum absolute atomic E-state index is 0.00794. The highest BCUT2D eigenvalue weighted by Gasteiger charge is 2.14. The van der Waals surface area contributed by atoms with Crippen molar-refractivity contribution in [3.8, 4) is 23.7 Å². The Morgan fingerprint density at radius 2 is 1.14 bits per heavy atom. The molecule has 0 radical (unpaired) electrons. The van der Waals surface area contributed by atoms with Gasteiger partial charge >= 0.3 is 0 Å². The Balaban J connectivity index is 1.64. The summed E-state index contributed by atoms with van der Waals surface area (Å²) in [6.45, 7) is -0.00794. The third-order valence-corrected chi connectivity index (χ3v) is 5.09. The van der Waals surface area contributed by atoms with Crippen LogP contribution in [0.5, 0.6) is 0 Å². The summed E-state index contributed by atoms with van der Waals surface area (Å²) in [6.07, 6.45) is 0. The smallest absolute Gasteiger partial charge is 0.195 e. The van der Waals surface area contributed by atoms with E-state index in [-0.39, 0.29) is 34.1 Å². The van der Waals surface area contributed by atoms with Crippen LogP contribution < -0.4 is 0 Å². The van der Waals surface area contributed by atoms with E-state index >= 15 is 0 Å². The summed E-state index contributed by atoms with van der Waals surface area (Å²) < 4.78 is 103. The second kappa shape index (κ2) is 10.2. The highest BCUT2D eigenvalue weighted by molar-refractivity contribution is 5.84. The van der Waals surface area contributed by atoms with Gasteiger partial charge in [-0.05, 0) is 53.4 Å². The summed E-state index contributed by atoms with van der Waals surface area (Å²) in [4.78, 5) is 0. The summed E-state index contributed by atoms with van der Waals surface area (Å²) >= 11 is 0. The molecule has 0 N–H and O–H groups in total. The van der Waals surface area contributed by atoms with Crippen LogP contribution in [0.3, 0.4) is 0 Å². The Morgan fingerprint density at radius 3 is 1.72 bits per heavy atom. The molecular weight excluding hydrogens is 485 g/mol. The lowest BCUT2D eigenvalue weighted by Gasteiger charge is -2.03. The Morgan fingerprint density at radius 1 is 0.583 bits per heavy atom. The van der Waals surface area contributed by atoms with Gasteiger partial charge in [-0.2, -0.15) is 0 Å². The van der Waals surface area contributed by atoms with E-state index in [1.54, 1.807) is 0 Å². The second-order valence-electron chi connectivity index (χ2n) is 7.60. The van der Waals surface area contributed by atoms with E-state index in [4.69, 9.17) is 4.74 Å². The predicted octanol–water partition coefficient (Wildman–Crippen LogP) is 6.76. The molecule has 4 aromatic rings. The maximum atomic E-state index is 14.5. The Bertz CT molecular complexity index is 1590. The number of halogens is 7. The summed E-state index contributed by atoms with van der Waals surface area (Å²) in [7, 11) is 1.37. The molecule has 0 saturated carbocycles. The van der Waals surface area contributed by atoms with Crippen molar-refractivity contribution in [2.24, 2.45) is 0 Å². The first-order chi connectivity index (χ1) is 17.2. The van der Waals surface area contributed by atoms with Crippen LogP contribution in [0.4, 0.5) is 30.7 Å². The maximum Gasteiger partial charge on any atom is 0.195 e. The van der Waals surface area contributed by atoms with Crippen molar-refractivity contribution in [2.75, 3.05) is 7.11 Å². The standard InChI is InChI=1S/C28H13F7O/c1-36-14-17-11-24(31)21(25(32)12-17)7-4-16-9-22(29)20(23(30)10-16)6-3-15-2-5-19-18(8-15)13-26(33)28(35)27(19)34/h2,5,8-13H,14H2,1H3. The lowest BCUT2D eigenvalue weighted by atomic mass is 10.1. The number of ether oxygens (including phenoxy) is 1. The highest BCUT2D eigenvalue weighted by Crippen LogP contribution is 2.24. The van der Waals surface area contributed by atoms with Crippen LogP contribution >= 0.6 is 0 Å². The Kier molecular flexibility index (Phi) is 7.00. The molecule has 0 aromatic heterocycles. The van der Waals surface area contributed by atoms with E-state index in [1.807, 2.05) is 0 Å². The number of fused-ring (bicyclic) bond motifs is 1. The third-order valence-electron chi connectivity index (χ3n) is 5.09. The molecule has 1 nitrogen and oxygen atoms in total. The van der Waals surface area contributed by atoms with E-state index in [0.29, 0.717) is 0 Å². The molecule has 0 aliphatic carbocycles. The molecule has 4 aromatic carbocycles. The molecule has 0 atom stereocenters. The minimum atomic E-state index is -1.61. The topological polar surface area (TPSA) is 9.23 Å². The molecule has 0 saturated heterocycles. The molecule has 0 aliphatic rings. The van der Waals surface area contributed by atoms with Gasteiger partial charge in [-0.1, -0.05) is 29.7 Å². The Hall–Kier alpha value is -4.27. The summed E-state index contributed by atoms with van der Waals surface area (Å²) in [6, 6.07) is 8.27. The molecule has 0 unspecified atom stereocenters. The molecule has 0 amide bonds. The number of methoxy groups -OCH3 is 1. The molecule has 0 fully saturated rings. The van der Waals surface area contributed by atoms with Crippen molar-refractivity contribution in [1.29, 1.82) is 0 Å². The SMILES string of the molecule is COCc1cc(F)c(C#Cc2cc(F)c(C#Cc3ccc4c(F)c(F)c(F)cc4c3)c(F)c2)c(F)c1. The molecule has 0 heterocycles. The van der Waals surface area contributed by atoms with Crippen molar-refractivity contribution < 1.29 is 35.5 Å². The zero-order valence-corrected chi connectivity index (χ0v) is 18.4. The summed E-state index contributed by atoms with van der Waals surface area (Å²) in [5.41, 5.74) is -0.943. The maximum absolute atomic E-state index is 14.5. The highest BCUT2D eigenvalue weighted by atomic mass is 19.2. The van der Waals surface area contributed by atoms with Gasteiger partial charge in [0.1, 0.15) is 23.3 Å². The van der Waals surface area contributed by atoms with Crippen molar-refractivity contribution in [3.05, 3.63) is 117 Å². The van der Waals surface area contributed by atoms with Gasteiger partial charge in [0.05, 0.1) is 17.7 Å². The van der Waals surface area contributed by atoms with Gasteiger partial charge in [0.15, 0.2) is 17.5 Å². The largest absolute Gasteiger partial charge is 0.380 e. The zero-order chi connectivity index (χ0) is 26.0. The van der Waals surface area contributed by atoms with E-state index < -0.39 is 51.8 Å². The fourth-order valence-corrected chi connectivity index (χ4v) is 3.41. The van der Waals surface area contributed by atoms with Crippen LogP contribution in [0.2, 0.25) is 0 Å². The van der Waals surface area contributed by atoms with Gasteiger partial charge in [0, 0.05) is 23.6 Å². The number of rotatable bonds is 2. The van der Waals surface area contributed by atoms with Gasteiger partial charge in [0.25, 0.3) is 0 Å². The van der Waals surface area contributed by atoms with Crippen LogP contribution in [0.1, 0.15) is 27.8 Å².